The Kier molecular flexibility index (Phi) is 3.56. The van der Waals surface area contributed by atoms with Crippen LogP contribution in [0.2, 0.25) is 0 Å². The summed E-state index contributed by atoms with van der Waals surface area (Å²) < 4.78 is 0. The van der Waals surface area contributed by atoms with Gasteiger partial charge in [0.1, 0.15) is 0 Å². The highest BCUT2D eigenvalue weighted by atomic mass is 32.2. The summed E-state index contributed by atoms with van der Waals surface area (Å²) in [5, 5.41) is 3.06. The minimum Gasteiger partial charge on any atom is -0.350 e. The molecule has 16 heavy (non-hydrogen) atoms. The minimum atomic E-state index is 0.270. The lowest BCUT2D eigenvalue weighted by Gasteiger charge is -2.11. The molecule has 3 heteroatoms. The first-order valence-corrected chi connectivity index (χ1v) is 6.53. The zero-order valence-electron chi connectivity index (χ0n) is 9.73. The number of benzene rings is 1. The molecule has 0 saturated heterocycles. The van der Waals surface area contributed by atoms with Crippen molar-refractivity contribution in [1.82, 2.24) is 4.98 Å². The van der Waals surface area contributed by atoms with E-state index in [9.17, 15) is 0 Å². The molecule has 2 rings (SSSR count). The molecule has 3 N–H and O–H groups in total. The first kappa shape index (κ1) is 11.6. The Bertz CT molecular complexity index is 429. The average Bonchev–Trinajstić information content (AvgIpc) is 2.57. The molecule has 0 saturated carbocycles. The third kappa shape index (κ3) is 2.80. The summed E-state index contributed by atoms with van der Waals surface area (Å²) in [6.45, 7) is 4.28. The fourth-order valence-electron chi connectivity index (χ4n) is 1.90. The molecule has 2 aromatic rings. The van der Waals surface area contributed by atoms with Gasteiger partial charge in [-0.3, -0.25) is 0 Å². The quantitative estimate of drug-likeness (QED) is 0.796. The standard InChI is InChI=1S/C13H18N2S/c1-9(14)7-10(2)16-13-8-11-5-3-4-6-12(11)15-13/h3-6,8-10,15H,7,14H2,1-2H3. The van der Waals surface area contributed by atoms with E-state index in [4.69, 9.17) is 5.73 Å². The van der Waals surface area contributed by atoms with Crippen LogP contribution in [0.1, 0.15) is 20.3 Å². The Balaban J connectivity index is 2.09. The monoisotopic (exact) mass is 234 g/mol. The van der Waals surface area contributed by atoms with Gasteiger partial charge in [-0.1, -0.05) is 25.1 Å². The van der Waals surface area contributed by atoms with Gasteiger partial charge in [-0.15, -0.1) is 11.8 Å². The third-order valence-corrected chi connectivity index (χ3v) is 3.61. The van der Waals surface area contributed by atoms with Crippen molar-refractivity contribution in [3.63, 3.8) is 0 Å². The van der Waals surface area contributed by atoms with Gasteiger partial charge in [0.2, 0.25) is 0 Å². The first-order valence-electron chi connectivity index (χ1n) is 5.65. The minimum absolute atomic E-state index is 0.270. The van der Waals surface area contributed by atoms with Gasteiger partial charge in [-0.05, 0) is 25.5 Å². The number of fused-ring (bicyclic) bond motifs is 1. The fraction of sp³-hybridized carbons (Fsp3) is 0.385. The molecule has 0 radical (unpaired) electrons. The van der Waals surface area contributed by atoms with E-state index < -0.39 is 0 Å². The summed E-state index contributed by atoms with van der Waals surface area (Å²) in [7, 11) is 0. The van der Waals surface area contributed by atoms with Gasteiger partial charge in [0.15, 0.2) is 0 Å². The molecule has 2 unspecified atom stereocenters. The van der Waals surface area contributed by atoms with E-state index in [1.165, 1.54) is 15.9 Å². The lowest BCUT2D eigenvalue weighted by atomic mass is 10.2. The summed E-state index contributed by atoms with van der Waals surface area (Å²) in [5.41, 5.74) is 7.01. The Hall–Kier alpha value is -0.930. The predicted octanol–water partition coefficient (Wildman–Crippen LogP) is 3.39. The van der Waals surface area contributed by atoms with E-state index in [-0.39, 0.29) is 6.04 Å². The van der Waals surface area contributed by atoms with Gasteiger partial charge < -0.3 is 10.7 Å². The lowest BCUT2D eigenvalue weighted by molar-refractivity contribution is 0.662. The number of thioether (sulfide) groups is 1. The van der Waals surface area contributed by atoms with Gasteiger partial charge >= 0.3 is 0 Å². The molecule has 86 valence electrons. The summed E-state index contributed by atoms with van der Waals surface area (Å²) in [6, 6.07) is 10.8. The normalized spacial score (nSPS) is 15.2. The molecular formula is C13H18N2S. The van der Waals surface area contributed by atoms with E-state index in [0.29, 0.717) is 5.25 Å². The SMILES string of the molecule is CC(N)CC(C)Sc1cc2ccccc2[nH]1. The molecule has 1 heterocycles. The molecule has 0 aliphatic carbocycles. The largest absolute Gasteiger partial charge is 0.350 e. The zero-order valence-corrected chi connectivity index (χ0v) is 10.6. The lowest BCUT2D eigenvalue weighted by Crippen LogP contribution is -2.19. The summed E-state index contributed by atoms with van der Waals surface area (Å²) >= 11 is 1.86. The molecule has 1 aromatic heterocycles. The highest BCUT2D eigenvalue weighted by Gasteiger charge is 2.08. The van der Waals surface area contributed by atoms with Gasteiger partial charge in [0.05, 0.1) is 5.03 Å². The van der Waals surface area contributed by atoms with Crippen molar-refractivity contribution < 1.29 is 0 Å². The van der Waals surface area contributed by atoms with E-state index in [1.807, 2.05) is 11.8 Å². The molecule has 2 atom stereocenters. The number of hydrogen-bond donors (Lipinski definition) is 2. The van der Waals surface area contributed by atoms with E-state index in [2.05, 4.69) is 49.2 Å². The second-order valence-corrected chi connectivity index (χ2v) is 5.84. The third-order valence-electron chi connectivity index (χ3n) is 2.54. The van der Waals surface area contributed by atoms with Crippen molar-refractivity contribution in [1.29, 1.82) is 0 Å². The number of aromatic nitrogens is 1. The second kappa shape index (κ2) is 4.93. The summed E-state index contributed by atoms with van der Waals surface area (Å²) in [5.74, 6) is 0. The van der Waals surface area contributed by atoms with Crippen LogP contribution in [0.4, 0.5) is 0 Å². The molecule has 0 aliphatic heterocycles. The van der Waals surface area contributed by atoms with Crippen molar-refractivity contribution in [2.24, 2.45) is 5.73 Å². The maximum atomic E-state index is 5.80. The van der Waals surface area contributed by atoms with E-state index >= 15 is 0 Å². The van der Waals surface area contributed by atoms with Gasteiger partial charge in [0.25, 0.3) is 0 Å². The van der Waals surface area contributed by atoms with E-state index in [1.54, 1.807) is 0 Å². The van der Waals surface area contributed by atoms with Gasteiger partial charge in [-0.2, -0.15) is 0 Å². The van der Waals surface area contributed by atoms with Crippen LogP contribution >= 0.6 is 11.8 Å². The highest BCUT2D eigenvalue weighted by molar-refractivity contribution is 7.99. The highest BCUT2D eigenvalue weighted by Crippen LogP contribution is 2.28. The fourth-order valence-corrected chi connectivity index (χ4v) is 3.10. The molecule has 1 aromatic carbocycles. The number of rotatable bonds is 4. The molecule has 0 fully saturated rings. The van der Waals surface area contributed by atoms with Crippen molar-refractivity contribution in [3.8, 4) is 0 Å². The zero-order chi connectivity index (χ0) is 11.5. The number of hydrogen-bond acceptors (Lipinski definition) is 2. The number of para-hydroxylation sites is 1. The van der Waals surface area contributed by atoms with Crippen LogP contribution in [0, 0.1) is 0 Å². The Morgan fingerprint density at radius 1 is 1.31 bits per heavy atom. The number of aromatic amines is 1. The number of nitrogens with two attached hydrogens (primary N) is 1. The van der Waals surface area contributed by atoms with Crippen molar-refractivity contribution >= 4 is 22.7 Å². The van der Waals surface area contributed by atoms with Crippen LogP contribution in [0.3, 0.4) is 0 Å². The molecule has 0 aliphatic rings. The van der Waals surface area contributed by atoms with Crippen LogP contribution in [0.25, 0.3) is 10.9 Å². The first-order chi connectivity index (χ1) is 7.65. The van der Waals surface area contributed by atoms with Crippen LogP contribution in [-0.2, 0) is 0 Å². The Labute approximate surface area is 101 Å². The average molecular weight is 234 g/mol. The van der Waals surface area contributed by atoms with Crippen molar-refractivity contribution in [3.05, 3.63) is 30.3 Å². The summed E-state index contributed by atoms with van der Waals surface area (Å²) in [6.07, 6.45) is 1.04. The number of H-pyrrole nitrogens is 1. The maximum Gasteiger partial charge on any atom is 0.0735 e. The van der Waals surface area contributed by atoms with Crippen molar-refractivity contribution in [2.75, 3.05) is 0 Å². The molecule has 0 bridgehead atoms. The molecule has 0 amide bonds. The predicted molar refractivity (Wildman–Crippen MR) is 71.9 cm³/mol. The second-order valence-electron chi connectivity index (χ2n) is 4.36. The summed E-state index contributed by atoms with van der Waals surface area (Å²) in [4.78, 5) is 3.42. The van der Waals surface area contributed by atoms with Crippen LogP contribution in [0.15, 0.2) is 35.4 Å². The molecule has 2 nitrogen and oxygen atoms in total. The maximum absolute atomic E-state index is 5.80. The Morgan fingerprint density at radius 2 is 2.06 bits per heavy atom. The molecule has 0 spiro atoms. The van der Waals surface area contributed by atoms with Crippen molar-refractivity contribution in [2.45, 2.75) is 36.6 Å². The van der Waals surface area contributed by atoms with Crippen LogP contribution in [0.5, 0.6) is 0 Å². The number of nitrogens with one attached hydrogen (secondary N) is 1. The van der Waals surface area contributed by atoms with Crippen LogP contribution < -0.4 is 5.73 Å². The Morgan fingerprint density at radius 3 is 2.75 bits per heavy atom. The van der Waals surface area contributed by atoms with Gasteiger partial charge in [-0.25, -0.2) is 0 Å². The van der Waals surface area contributed by atoms with Crippen LogP contribution in [-0.4, -0.2) is 16.3 Å². The topological polar surface area (TPSA) is 41.8 Å². The smallest absolute Gasteiger partial charge is 0.0735 e. The van der Waals surface area contributed by atoms with E-state index in [0.717, 1.165) is 6.42 Å². The van der Waals surface area contributed by atoms with Gasteiger partial charge in [0, 0.05) is 22.2 Å². The molecular weight excluding hydrogens is 216 g/mol.